The minimum absolute atomic E-state index is 0.0576. The van der Waals surface area contributed by atoms with Gasteiger partial charge in [-0.3, -0.25) is 9.59 Å². The third-order valence-electron chi connectivity index (χ3n) is 4.83. The lowest BCUT2D eigenvalue weighted by molar-refractivity contribution is -0.120. The Balaban J connectivity index is 1.49. The summed E-state index contributed by atoms with van der Waals surface area (Å²) in [5, 5.41) is 7.19. The van der Waals surface area contributed by atoms with Crippen molar-refractivity contribution in [2.75, 3.05) is 0 Å². The highest BCUT2D eigenvalue weighted by Crippen LogP contribution is 2.28. The van der Waals surface area contributed by atoms with E-state index in [0.717, 1.165) is 29.3 Å². The molecule has 5 nitrogen and oxygen atoms in total. The Morgan fingerprint density at radius 2 is 1.83 bits per heavy atom. The van der Waals surface area contributed by atoms with E-state index in [1.165, 1.54) is 11.8 Å². The third kappa shape index (κ3) is 4.95. The van der Waals surface area contributed by atoms with Gasteiger partial charge >= 0.3 is 0 Å². The van der Waals surface area contributed by atoms with E-state index in [2.05, 4.69) is 15.6 Å². The molecule has 29 heavy (non-hydrogen) atoms. The van der Waals surface area contributed by atoms with Gasteiger partial charge < -0.3 is 10.6 Å². The fourth-order valence-corrected chi connectivity index (χ4v) is 3.94. The van der Waals surface area contributed by atoms with Crippen molar-refractivity contribution in [2.45, 2.75) is 42.6 Å². The molecule has 0 aliphatic heterocycles. The Kier molecular flexibility index (Phi) is 5.81. The fraction of sp³-hybridized carbons (Fsp3) is 0.261. The fourth-order valence-electron chi connectivity index (χ4n) is 3.05. The summed E-state index contributed by atoms with van der Waals surface area (Å²) in [6.45, 7) is 2.34. The first kappa shape index (κ1) is 19.5. The third-order valence-corrected chi connectivity index (χ3v) is 5.84. The molecule has 1 aromatic heterocycles. The van der Waals surface area contributed by atoms with E-state index in [0.29, 0.717) is 17.1 Å². The molecule has 1 unspecified atom stereocenters. The number of benzene rings is 2. The van der Waals surface area contributed by atoms with Gasteiger partial charge in [0.1, 0.15) is 0 Å². The molecule has 0 radical (unpaired) electrons. The number of carbonyl (C=O) groups is 2. The van der Waals surface area contributed by atoms with Crippen molar-refractivity contribution in [3.05, 3.63) is 71.8 Å². The molecular formula is C23H23N3O2S. The second-order valence-corrected chi connectivity index (χ2v) is 8.60. The second-order valence-electron chi connectivity index (χ2n) is 7.24. The maximum Gasteiger partial charge on any atom is 0.252 e. The molecule has 3 aromatic rings. The molecule has 2 N–H and O–H groups in total. The number of hydrogen-bond donors (Lipinski definition) is 2. The molecule has 1 aliphatic carbocycles. The Hall–Kier alpha value is -2.86. The average Bonchev–Trinajstić information content (AvgIpc) is 3.56. The van der Waals surface area contributed by atoms with Gasteiger partial charge in [0.25, 0.3) is 5.91 Å². The topological polar surface area (TPSA) is 71.1 Å². The van der Waals surface area contributed by atoms with Crippen LogP contribution in [0.5, 0.6) is 0 Å². The van der Waals surface area contributed by atoms with Gasteiger partial charge in [-0.05, 0) is 37.5 Å². The summed E-state index contributed by atoms with van der Waals surface area (Å²) in [6, 6.07) is 19.5. The van der Waals surface area contributed by atoms with Crippen molar-refractivity contribution in [3.8, 4) is 0 Å². The maximum atomic E-state index is 12.7. The smallest absolute Gasteiger partial charge is 0.252 e. The van der Waals surface area contributed by atoms with Crippen molar-refractivity contribution < 1.29 is 9.59 Å². The van der Waals surface area contributed by atoms with Gasteiger partial charge in [-0.2, -0.15) is 0 Å². The zero-order valence-electron chi connectivity index (χ0n) is 16.2. The van der Waals surface area contributed by atoms with E-state index in [9.17, 15) is 9.59 Å². The largest absolute Gasteiger partial charge is 0.351 e. The second kappa shape index (κ2) is 8.66. The summed E-state index contributed by atoms with van der Waals surface area (Å²) in [6.07, 6.45) is 2.07. The number of nitrogens with one attached hydrogen (secondary N) is 2. The number of hydrogen-bond acceptors (Lipinski definition) is 4. The lowest BCUT2D eigenvalue weighted by atomic mass is 10.1. The molecule has 148 valence electrons. The molecule has 1 heterocycles. The highest BCUT2D eigenvalue weighted by Gasteiger charge is 2.25. The summed E-state index contributed by atoms with van der Waals surface area (Å²) < 4.78 is 0. The summed E-state index contributed by atoms with van der Waals surface area (Å²) >= 11 is 1.36. The normalized spacial score (nSPS) is 14.4. The number of rotatable bonds is 7. The Bertz CT molecular complexity index is 1030. The number of pyridine rings is 1. The molecule has 2 aromatic carbocycles. The van der Waals surface area contributed by atoms with Crippen LogP contribution in [0.4, 0.5) is 0 Å². The predicted octanol–water partition coefficient (Wildman–Crippen LogP) is 3.92. The number of para-hydroxylation sites is 1. The number of thioether (sulfide) groups is 1. The quantitative estimate of drug-likeness (QED) is 0.585. The molecule has 4 rings (SSSR count). The van der Waals surface area contributed by atoms with Gasteiger partial charge in [0.05, 0.1) is 21.4 Å². The van der Waals surface area contributed by atoms with Crippen LogP contribution in [0.3, 0.4) is 0 Å². The van der Waals surface area contributed by atoms with Gasteiger partial charge in [-0.1, -0.05) is 60.3 Å². The van der Waals surface area contributed by atoms with E-state index in [-0.39, 0.29) is 23.1 Å². The van der Waals surface area contributed by atoms with Gasteiger partial charge in [0.15, 0.2) is 0 Å². The SMILES string of the molecule is CC(Sc1cc(C(=O)NC2CC2)c2ccccc2n1)C(=O)NCc1ccccc1. The zero-order chi connectivity index (χ0) is 20.2. The minimum atomic E-state index is -0.327. The van der Waals surface area contributed by atoms with Gasteiger partial charge in [0.2, 0.25) is 5.91 Å². The monoisotopic (exact) mass is 405 g/mol. The van der Waals surface area contributed by atoms with Crippen LogP contribution in [0.15, 0.2) is 65.7 Å². The van der Waals surface area contributed by atoms with Crippen molar-refractivity contribution in [1.29, 1.82) is 0 Å². The first-order valence-electron chi connectivity index (χ1n) is 9.79. The Morgan fingerprint density at radius 3 is 2.59 bits per heavy atom. The van der Waals surface area contributed by atoms with E-state index >= 15 is 0 Å². The highest BCUT2D eigenvalue weighted by molar-refractivity contribution is 8.00. The molecule has 0 saturated heterocycles. The van der Waals surface area contributed by atoms with Crippen LogP contribution in [-0.4, -0.2) is 28.1 Å². The van der Waals surface area contributed by atoms with Crippen molar-refractivity contribution >= 4 is 34.5 Å². The molecule has 0 spiro atoms. The summed E-state index contributed by atoms with van der Waals surface area (Å²) in [5.41, 5.74) is 2.43. The molecule has 1 atom stereocenters. The van der Waals surface area contributed by atoms with E-state index < -0.39 is 0 Å². The molecule has 0 bridgehead atoms. The molecule has 6 heteroatoms. The number of carbonyl (C=O) groups excluding carboxylic acids is 2. The van der Waals surface area contributed by atoms with Crippen LogP contribution >= 0.6 is 11.8 Å². The van der Waals surface area contributed by atoms with Crippen molar-refractivity contribution in [2.24, 2.45) is 0 Å². The predicted molar refractivity (Wildman–Crippen MR) is 116 cm³/mol. The Morgan fingerprint density at radius 1 is 1.10 bits per heavy atom. The average molecular weight is 406 g/mol. The van der Waals surface area contributed by atoms with Crippen LogP contribution in [-0.2, 0) is 11.3 Å². The summed E-state index contributed by atoms with van der Waals surface area (Å²) in [7, 11) is 0. The van der Waals surface area contributed by atoms with E-state index in [1.54, 1.807) is 6.07 Å². The number of amides is 2. The van der Waals surface area contributed by atoms with Gasteiger partial charge in [0, 0.05) is 18.0 Å². The summed E-state index contributed by atoms with van der Waals surface area (Å²) in [5.74, 6) is -0.132. The van der Waals surface area contributed by atoms with Crippen molar-refractivity contribution in [3.63, 3.8) is 0 Å². The lowest BCUT2D eigenvalue weighted by Gasteiger charge is -2.14. The molecule has 1 saturated carbocycles. The van der Waals surface area contributed by atoms with Crippen molar-refractivity contribution in [1.82, 2.24) is 15.6 Å². The van der Waals surface area contributed by atoms with Crippen LogP contribution in [0.25, 0.3) is 10.9 Å². The van der Waals surface area contributed by atoms with Crippen LogP contribution in [0.2, 0.25) is 0 Å². The first-order chi connectivity index (χ1) is 14.1. The molecule has 1 fully saturated rings. The van der Waals surface area contributed by atoms with E-state index in [4.69, 9.17) is 0 Å². The Labute approximate surface area is 174 Å². The van der Waals surface area contributed by atoms with Gasteiger partial charge in [-0.25, -0.2) is 4.98 Å². The maximum absolute atomic E-state index is 12.7. The van der Waals surface area contributed by atoms with Gasteiger partial charge in [-0.15, -0.1) is 0 Å². The molecular weight excluding hydrogens is 382 g/mol. The minimum Gasteiger partial charge on any atom is -0.351 e. The number of nitrogens with zero attached hydrogens (tertiary/aromatic N) is 1. The zero-order valence-corrected chi connectivity index (χ0v) is 17.0. The summed E-state index contributed by atoms with van der Waals surface area (Å²) in [4.78, 5) is 29.9. The van der Waals surface area contributed by atoms with Crippen LogP contribution in [0, 0.1) is 0 Å². The standard InChI is InChI=1S/C23H23N3O2S/c1-15(22(27)24-14-16-7-3-2-4-8-16)29-21-13-19(23(28)25-17-11-12-17)18-9-5-6-10-20(18)26-21/h2-10,13,15,17H,11-12,14H2,1H3,(H,24,27)(H,25,28). The first-order valence-corrected chi connectivity index (χ1v) is 10.7. The number of aromatic nitrogens is 1. The highest BCUT2D eigenvalue weighted by atomic mass is 32.2. The van der Waals surface area contributed by atoms with Crippen LogP contribution in [0.1, 0.15) is 35.7 Å². The number of fused-ring (bicyclic) bond motifs is 1. The molecule has 2 amide bonds. The van der Waals surface area contributed by atoms with E-state index in [1.807, 2.05) is 61.5 Å². The lowest BCUT2D eigenvalue weighted by Crippen LogP contribution is -2.30. The van der Waals surface area contributed by atoms with Crippen LogP contribution < -0.4 is 10.6 Å². The molecule has 1 aliphatic rings.